The van der Waals surface area contributed by atoms with E-state index >= 15 is 0 Å². The molecule has 0 bridgehead atoms. The van der Waals surface area contributed by atoms with Crippen molar-refractivity contribution < 1.29 is 9.59 Å². The van der Waals surface area contributed by atoms with Crippen LogP contribution in [0.25, 0.3) is 0 Å². The minimum absolute atomic E-state index is 0.0226. The Hall–Kier alpha value is -2.27. The minimum Gasteiger partial charge on any atom is -0.352 e. The number of hydrogen-bond donors (Lipinski definition) is 1. The number of nitrogens with one attached hydrogen (secondary N) is 1. The third-order valence-corrected chi connectivity index (χ3v) is 5.96. The van der Waals surface area contributed by atoms with Gasteiger partial charge in [-0.2, -0.15) is 0 Å². The molecule has 0 saturated carbocycles. The second-order valence-corrected chi connectivity index (χ2v) is 8.40. The lowest BCUT2D eigenvalue weighted by Gasteiger charge is -2.31. The molecule has 0 fully saturated rings. The molecule has 5 heteroatoms. The largest absolute Gasteiger partial charge is 0.352 e. The molecule has 0 aliphatic rings. The Morgan fingerprint density at radius 3 is 2.24 bits per heavy atom. The van der Waals surface area contributed by atoms with Crippen LogP contribution in [0.1, 0.15) is 44.7 Å². The van der Waals surface area contributed by atoms with Gasteiger partial charge in [0.05, 0.1) is 5.75 Å². The van der Waals surface area contributed by atoms with Crippen molar-refractivity contribution in [2.75, 3.05) is 5.75 Å². The lowest BCUT2D eigenvalue weighted by atomic mass is 10.1. The minimum atomic E-state index is -0.478. The van der Waals surface area contributed by atoms with Crippen LogP contribution in [0.3, 0.4) is 0 Å². The number of benzene rings is 2. The Bertz CT molecular complexity index is 777. The van der Waals surface area contributed by atoms with Crippen LogP contribution in [0, 0.1) is 6.92 Å². The standard InChI is InChI=1S/C24H32N2O2S/c1-5-19(4)25-24(28)22(6-2)26(16-20-14-12-18(3)13-15-20)23(27)17-29-21-10-8-7-9-11-21/h7-15,19,22H,5-6,16-17H2,1-4H3,(H,25,28)/t19-,22+/m1/s1. The SMILES string of the molecule is CC[C@@H](C)NC(=O)[C@H](CC)N(Cc1ccc(C)cc1)C(=O)CSc1ccccc1. The number of carbonyl (C=O) groups is 2. The molecular formula is C24H32N2O2S. The van der Waals surface area contributed by atoms with Gasteiger partial charge in [0.25, 0.3) is 0 Å². The number of rotatable bonds is 10. The summed E-state index contributed by atoms with van der Waals surface area (Å²) in [5.74, 6) is 0.209. The molecule has 2 aromatic rings. The summed E-state index contributed by atoms with van der Waals surface area (Å²) >= 11 is 1.50. The van der Waals surface area contributed by atoms with Crippen molar-refractivity contribution in [2.24, 2.45) is 0 Å². The van der Waals surface area contributed by atoms with Gasteiger partial charge in [0, 0.05) is 17.5 Å². The van der Waals surface area contributed by atoms with Gasteiger partial charge in [-0.1, -0.05) is 61.9 Å². The topological polar surface area (TPSA) is 49.4 Å². The molecule has 2 atom stereocenters. The summed E-state index contributed by atoms with van der Waals surface area (Å²) in [6.45, 7) is 8.46. The molecular weight excluding hydrogens is 380 g/mol. The van der Waals surface area contributed by atoms with Crippen molar-refractivity contribution in [1.29, 1.82) is 0 Å². The third kappa shape index (κ3) is 7.24. The molecule has 0 spiro atoms. The summed E-state index contributed by atoms with van der Waals surface area (Å²) in [4.78, 5) is 28.9. The highest BCUT2D eigenvalue weighted by molar-refractivity contribution is 8.00. The van der Waals surface area contributed by atoms with Gasteiger partial charge in [-0.3, -0.25) is 9.59 Å². The van der Waals surface area contributed by atoms with E-state index in [-0.39, 0.29) is 17.9 Å². The van der Waals surface area contributed by atoms with Crippen molar-refractivity contribution in [3.05, 3.63) is 65.7 Å². The molecule has 4 nitrogen and oxygen atoms in total. The Balaban J connectivity index is 2.19. The predicted molar refractivity (Wildman–Crippen MR) is 121 cm³/mol. The van der Waals surface area contributed by atoms with Crippen LogP contribution in [0.15, 0.2) is 59.5 Å². The van der Waals surface area contributed by atoms with Gasteiger partial charge in [-0.15, -0.1) is 11.8 Å². The van der Waals surface area contributed by atoms with Crippen molar-refractivity contribution in [2.45, 2.75) is 64.1 Å². The van der Waals surface area contributed by atoms with Gasteiger partial charge in [0.1, 0.15) is 6.04 Å². The molecule has 0 unspecified atom stereocenters. The van der Waals surface area contributed by atoms with Crippen LogP contribution in [0.5, 0.6) is 0 Å². The van der Waals surface area contributed by atoms with E-state index in [1.807, 2.05) is 82.3 Å². The van der Waals surface area contributed by atoms with E-state index in [9.17, 15) is 9.59 Å². The van der Waals surface area contributed by atoms with Crippen LogP contribution in [-0.4, -0.2) is 34.6 Å². The van der Waals surface area contributed by atoms with Gasteiger partial charge < -0.3 is 10.2 Å². The third-order valence-electron chi connectivity index (χ3n) is 4.97. The maximum atomic E-state index is 13.2. The Morgan fingerprint density at radius 2 is 1.66 bits per heavy atom. The fraction of sp³-hybridized carbons (Fsp3) is 0.417. The van der Waals surface area contributed by atoms with E-state index in [0.717, 1.165) is 16.9 Å². The molecule has 1 N–H and O–H groups in total. The van der Waals surface area contributed by atoms with Gasteiger partial charge >= 0.3 is 0 Å². The summed E-state index contributed by atoms with van der Waals surface area (Å²) < 4.78 is 0. The van der Waals surface area contributed by atoms with Crippen LogP contribution < -0.4 is 5.32 Å². The normalized spacial score (nSPS) is 12.8. The molecule has 29 heavy (non-hydrogen) atoms. The smallest absolute Gasteiger partial charge is 0.243 e. The maximum absolute atomic E-state index is 13.2. The monoisotopic (exact) mass is 412 g/mol. The second kappa shape index (κ2) is 11.7. The molecule has 2 amide bonds. The highest BCUT2D eigenvalue weighted by Gasteiger charge is 2.29. The summed E-state index contributed by atoms with van der Waals surface area (Å²) in [5, 5.41) is 3.04. The number of nitrogens with zero attached hydrogens (tertiary/aromatic N) is 1. The molecule has 0 radical (unpaired) electrons. The van der Waals surface area contributed by atoms with Crippen LogP contribution >= 0.6 is 11.8 Å². The van der Waals surface area contributed by atoms with Gasteiger partial charge in [0.2, 0.25) is 11.8 Å². The number of thioether (sulfide) groups is 1. The lowest BCUT2D eigenvalue weighted by Crippen LogP contribution is -2.51. The molecule has 156 valence electrons. The summed E-state index contributed by atoms with van der Waals surface area (Å²) in [5.41, 5.74) is 2.20. The van der Waals surface area contributed by atoms with Gasteiger partial charge in [0.15, 0.2) is 0 Å². The molecule has 0 aromatic heterocycles. The van der Waals surface area contributed by atoms with E-state index in [0.29, 0.717) is 18.7 Å². The van der Waals surface area contributed by atoms with E-state index in [1.165, 1.54) is 17.3 Å². The number of amides is 2. The lowest BCUT2D eigenvalue weighted by molar-refractivity contribution is -0.139. The van der Waals surface area contributed by atoms with Crippen molar-refractivity contribution in [1.82, 2.24) is 10.2 Å². The summed E-state index contributed by atoms with van der Waals surface area (Å²) in [6, 6.07) is 17.6. The van der Waals surface area contributed by atoms with Gasteiger partial charge in [-0.25, -0.2) is 0 Å². The number of aryl methyl sites for hydroxylation is 1. The van der Waals surface area contributed by atoms with E-state index in [2.05, 4.69) is 5.32 Å². The van der Waals surface area contributed by atoms with Crippen molar-refractivity contribution >= 4 is 23.6 Å². The number of hydrogen-bond acceptors (Lipinski definition) is 3. The first kappa shape index (κ1) is 23.0. The quantitative estimate of drug-likeness (QED) is 0.570. The van der Waals surface area contributed by atoms with Crippen LogP contribution in [0.2, 0.25) is 0 Å². The van der Waals surface area contributed by atoms with Crippen LogP contribution in [-0.2, 0) is 16.1 Å². The highest BCUT2D eigenvalue weighted by Crippen LogP contribution is 2.20. The first-order valence-corrected chi connectivity index (χ1v) is 11.3. The van der Waals surface area contributed by atoms with Crippen molar-refractivity contribution in [3.63, 3.8) is 0 Å². The fourth-order valence-electron chi connectivity index (χ4n) is 3.00. The molecule has 2 aromatic carbocycles. The Kier molecular flexibility index (Phi) is 9.26. The molecule has 0 aliphatic heterocycles. The Morgan fingerprint density at radius 1 is 1.00 bits per heavy atom. The zero-order valence-corrected chi connectivity index (χ0v) is 18.7. The van der Waals surface area contributed by atoms with Crippen molar-refractivity contribution in [3.8, 4) is 0 Å². The van der Waals surface area contributed by atoms with E-state index in [4.69, 9.17) is 0 Å². The molecule has 0 heterocycles. The summed E-state index contributed by atoms with van der Waals surface area (Å²) in [7, 11) is 0. The van der Waals surface area contributed by atoms with Crippen LogP contribution in [0.4, 0.5) is 0 Å². The average molecular weight is 413 g/mol. The van der Waals surface area contributed by atoms with E-state index < -0.39 is 6.04 Å². The maximum Gasteiger partial charge on any atom is 0.243 e. The molecule has 0 aliphatic carbocycles. The van der Waals surface area contributed by atoms with E-state index in [1.54, 1.807) is 4.90 Å². The average Bonchev–Trinajstić information content (AvgIpc) is 2.73. The first-order valence-electron chi connectivity index (χ1n) is 10.3. The molecule has 2 rings (SSSR count). The highest BCUT2D eigenvalue weighted by atomic mass is 32.2. The number of carbonyl (C=O) groups excluding carboxylic acids is 2. The fourth-order valence-corrected chi connectivity index (χ4v) is 3.80. The second-order valence-electron chi connectivity index (χ2n) is 7.35. The predicted octanol–water partition coefficient (Wildman–Crippen LogP) is 4.81. The first-order chi connectivity index (χ1) is 13.9. The molecule has 0 saturated heterocycles. The zero-order valence-electron chi connectivity index (χ0n) is 17.9. The zero-order chi connectivity index (χ0) is 21.2. The van der Waals surface area contributed by atoms with Gasteiger partial charge in [-0.05, 0) is 44.4 Å². The summed E-state index contributed by atoms with van der Waals surface area (Å²) in [6.07, 6.45) is 1.44. The Labute approximate surface area is 179 Å².